The van der Waals surface area contributed by atoms with Gasteiger partial charge in [-0.1, -0.05) is 68.4 Å². The van der Waals surface area contributed by atoms with E-state index in [2.05, 4.69) is 31.3 Å². The molecule has 0 atom stereocenters. The Morgan fingerprint density at radius 2 is 1.48 bits per heavy atom. The second kappa shape index (κ2) is 10.3. The Hall–Kier alpha value is -3.27. The molecule has 1 amide bonds. The fourth-order valence-corrected chi connectivity index (χ4v) is 2.85. The van der Waals surface area contributed by atoms with E-state index in [-0.39, 0.29) is 5.91 Å². The first-order chi connectivity index (χ1) is 14.1. The lowest BCUT2D eigenvalue weighted by Crippen LogP contribution is -2.15. The van der Waals surface area contributed by atoms with Gasteiger partial charge in [0.15, 0.2) is 0 Å². The van der Waals surface area contributed by atoms with E-state index in [9.17, 15) is 4.79 Å². The lowest BCUT2D eigenvalue weighted by Gasteiger charge is -2.15. The van der Waals surface area contributed by atoms with Crippen molar-refractivity contribution in [1.82, 2.24) is 0 Å². The largest absolute Gasteiger partial charge is 0.492 e. The summed E-state index contributed by atoms with van der Waals surface area (Å²) >= 11 is 0. The van der Waals surface area contributed by atoms with Crippen LogP contribution in [0.25, 0.3) is 0 Å². The minimum absolute atomic E-state index is 0.221. The number of carbonyl (C=O) groups is 1. The lowest BCUT2D eigenvalue weighted by atomic mass is 10.1. The number of ether oxygens (including phenoxy) is 2. The maximum absolute atomic E-state index is 12.9. The molecule has 0 aliphatic heterocycles. The van der Waals surface area contributed by atoms with Crippen molar-refractivity contribution in [2.24, 2.45) is 5.92 Å². The molecule has 0 unspecified atom stereocenters. The number of nitrogens with one attached hydrogen (secondary N) is 1. The van der Waals surface area contributed by atoms with Gasteiger partial charge in [0, 0.05) is 6.42 Å². The molecule has 0 radical (unpaired) electrons. The van der Waals surface area contributed by atoms with Crippen LogP contribution in [0.2, 0.25) is 0 Å². The fourth-order valence-electron chi connectivity index (χ4n) is 2.85. The van der Waals surface area contributed by atoms with E-state index in [0.29, 0.717) is 41.9 Å². The maximum Gasteiger partial charge on any atom is 0.259 e. The van der Waals surface area contributed by atoms with Crippen LogP contribution in [0.15, 0.2) is 78.9 Å². The third-order valence-corrected chi connectivity index (χ3v) is 4.33. The van der Waals surface area contributed by atoms with E-state index in [4.69, 9.17) is 9.47 Å². The summed E-state index contributed by atoms with van der Waals surface area (Å²) in [6, 6.07) is 24.9. The third-order valence-electron chi connectivity index (χ3n) is 4.33. The summed E-state index contributed by atoms with van der Waals surface area (Å²) in [6.45, 7) is 5.27. The fraction of sp³-hybridized carbons (Fsp3) is 0.240. The number of hydrogen-bond donors (Lipinski definition) is 1. The molecule has 3 rings (SSSR count). The van der Waals surface area contributed by atoms with Gasteiger partial charge in [0.05, 0.1) is 24.5 Å². The maximum atomic E-state index is 12.9. The molecular weight excluding hydrogens is 362 g/mol. The highest BCUT2D eigenvalue weighted by Gasteiger charge is 2.14. The van der Waals surface area contributed by atoms with Crippen molar-refractivity contribution in [3.8, 4) is 11.5 Å². The number of carbonyl (C=O) groups excluding carboxylic acids is 1. The SMILES string of the molecule is CC(C)COc1ccccc1NC(=O)c1ccccc1OCCc1ccccc1. The van der Waals surface area contributed by atoms with E-state index >= 15 is 0 Å². The molecule has 0 fully saturated rings. The summed E-state index contributed by atoms with van der Waals surface area (Å²) in [5.41, 5.74) is 2.35. The molecule has 4 heteroatoms. The van der Waals surface area contributed by atoms with Crippen molar-refractivity contribution in [3.05, 3.63) is 90.0 Å². The molecule has 3 aromatic rings. The molecule has 4 nitrogen and oxygen atoms in total. The van der Waals surface area contributed by atoms with Crippen molar-refractivity contribution in [3.63, 3.8) is 0 Å². The van der Waals surface area contributed by atoms with Crippen LogP contribution in [-0.2, 0) is 6.42 Å². The number of rotatable bonds is 9. The van der Waals surface area contributed by atoms with Gasteiger partial charge >= 0.3 is 0 Å². The molecule has 0 saturated heterocycles. The lowest BCUT2D eigenvalue weighted by molar-refractivity contribution is 0.102. The van der Waals surface area contributed by atoms with E-state index in [1.807, 2.05) is 60.7 Å². The number of para-hydroxylation sites is 3. The van der Waals surface area contributed by atoms with Gasteiger partial charge in [-0.2, -0.15) is 0 Å². The van der Waals surface area contributed by atoms with Crippen LogP contribution in [0.5, 0.6) is 11.5 Å². The Morgan fingerprint density at radius 1 is 0.828 bits per heavy atom. The predicted octanol–water partition coefficient (Wildman–Crippen LogP) is 5.60. The van der Waals surface area contributed by atoms with Gasteiger partial charge in [0.1, 0.15) is 11.5 Å². The molecule has 29 heavy (non-hydrogen) atoms. The van der Waals surface area contributed by atoms with Gasteiger partial charge in [-0.05, 0) is 35.7 Å². The van der Waals surface area contributed by atoms with Crippen LogP contribution in [0.1, 0.15) is 29.8 Å². The van der Waals surface area contributed by atoms with Crippen molar-refractivity contribution in [2.75, 3.05) is 18.5 Å². The zero-order valence-corrected chi connectivity index (χ0v) is 16.9. The summed E-state index contributed by atoms with van der Waals surface area (Å²) < 4.78 is 11.8. The predicted molar refractivity (Wildman–Crippen MR) is 117 cm³/mol. The zero-order chi connectivity index (χ0) is 20.5. The second-order valence-electron chi connectivity index (χ2n) is 7.24. The van der Waals surface area contributed by atoms with Crippen LogP contribution in [0.3, 0.4) is 0 Å². The highest BCUT2D eigenvalue weighted by atomic mass is 16.5. The minimum Gasteiger partial charge on any atom is -0.492 e. The van der Waals surface area contributed by atoms with Gasteiger partial charge in [-0.3, -0.25) is 4.79 Å². The standard InChI is InChI=1S/C25H27NO3/c1-19(2)18-29-24-15-9-7-13-22(24)26-25(27)21-12-6-8-14-23(21)28-17-16-20-10-4-3-5-11-20/h3-15,19H,16-18H2,1-2H3,(H,26,27). The Kier molecular flexibility index (Phi) is 7.28. The molecule has 0 spiro atoms. The summed E-state index contributed by atoms with van der Waals surface area (Å²) in [5, 5.41) is 2.96. The molecule has 0 heterocycles. The third kappa shape index (κ3) is 6.11. The topological polar surface area (TPSA) is 47.6 Å². The molecule has 0 aromatic heterocycles. The molecule has 0 aliphatic rings. The van der Waals surface area contributed by atoms with Crippen LogP contribution in [0, 0.1) is 5.92 Å². The van der Waals surface area contributed by atoms with Crippen molar-refractivity contribution < 1.29 is 14.3 Å². The molecule has 1 N–H and O–H groups in total. The smallest absolute Gasteiger partial charge is 0.259 e. The van der Waals surface area contributed by atoms with Gasteiger partial charge in [0.25, 0.3) is 5.91 Å². The average molecular weight is 389 g/mol. The van der Waals surface area contributed by atoms with Crippen LogP contribution in [0.4, 0.5) is 5.69 Å². The molecule has 3 aromatic carbocycles. The normalized spacial score (nSPS) is 10.6. The summed E-state index contributed by atoms with van der Waals surface area (Å²) in [4.78, 5) is 12.9. The van der Waals surface area contributed by atoms with Crippen LogP contribution in [-0.4, -0.2) is 19.1 Å². The molecule has 0 aliphatic carbocycles. The quantitative estimate of drug-likeness (QED) is 0.518. The van der Waals surface area contributed by atoms with E-state index in [1.165, 1.54) is 5.56 Å². The van der Waals surface area contributed by atoms with E-state index < -0.39 is 0 Å². The molecule has 0 saturated carbocycles. The highest BCUT2D eigenvalue weighted by molar-refractivity contribution is 6.06. The summed E-state index contributed by atoms with van der Waals surface area (Å²) in [6.07, 6.45) is 0.780. The first kappa shape index (κ1) is 20.5. The molecular formula is C25H27NO3. The van der Waals surface area contributed by atoms with Crippen LogP contribution >= 0.6 is 0 Å². The minimum atomic E-state index is -0.221. The molecule has 150 valence electrons. The van der Waals surface area contributed by atoms with Crippen molar-refractivity contribution >= 4 is 11.6 Å². The summed E-state index contributed by atoms with van der Waals surface area (Å²) in [7, 11) is 0. The van der Waals surface area contributed by atoms with Crippen molar-refractivity contribution in [1.29, 1.82) is 0 Å². The number of benzene rings is 3. The Morgan fingerprint density at radius 3 is 2.24 bits per heavy atom. The van der Waals surface area contributed by atoms with E-state index in [0.717, 1.165) is 6.42 Å². The highest BCUT2D eigenvalue weighted by Crippen LogP contribution is 2.26. The monoisotopic (exact) mass is 389 g/mol. The Labute approximate surface area is 172 Å². The first-order valence-corrected chi connectivity index (χ1v) is 9.92. The summed E-state index contributed by atoms with van der Waals surface area (Å²) in [5.74, 6) is 1.41. The number of hydrogen-bond acceptors (Lipinski definition) is 3. The van der Waals surface area contributed by atoms with Gasteiger partial charge in [0.2, 0.25) is 0 Å². The van der Waals surface area contributed by atoms with Gasteiger partial charge < -0.3 is 14.8 Å². The molecule has 0 bridgehead atoms. The first-order valence-electron chi connectivity index (χ1n) is 9.92. The van der Waals surface area contributed by atoms with Crippen LogP contribution < -0.4 is 14.8 Å². The number of anilines is 1. The second-order valence-corrected chi connectivity index (χ2v) is 7.24. The van der Waals surface area contributed by atoms with E-state index in [1.54, 1.807) is 6.07 Å². The number of amides is 1. The zero-order valence-electron chi connectivity index (χ0n) is 16.9. The average Bonchev–Trinajstić information content (AvgIpc) is 2.74. The Balaban J connectivity index is 1.67. The Bertz CT molecular complexity index is 922. The van der Waals surface area contributed by atoms with Gasteiger partial charge in [-0.15, -0.1) is 0 Å². The van der Waals surface area contributed by atoms with Crippen molar-refractivity contribution in [2.45, 2.75) is 20.3 Å². The van der Waals surface area contributed by atoms with Gasteiger partial charge in [-0.25, -0.2) is 0 Å².